The lowest BCUT2D eigenvalue weighted by atomic mass is 10.1. The number of aliphatic hydroxyl groups excluding tert-OH is 1. The molecule has 4 nitrogen and oxygen atoms in total. The van der Waals surface area contributed by atoms with E-state index in [9.17, 15) is 5.11 Å². The van der Waals surface area contributed by atoms with Crippen LogP contribution in [0.2, 0.25) is 0 Å². The molecule has 2 N–H and O–H groups in total. The fraction of sp³-hybridized carbons (Fsp3) is 0.273. The summed E-state index contributed by atoms with van der Waals surface area (Å²) in [5.74, 6) is 1.54. The van der Waals surface area contributed by atoms with Gasteiger partial charge in [0.05, 0.1) is 25.5 Å². The van der Waals surface area contributed by atoms with Crippen molar-refractivity contribution < 1.29 is 14.6 Å². The van der Waals surface area contributed by atoms with Crippen molar-refractivity contribution in [2.45, 2.75) is 0 Å². The average Bonchev–Trinajstić information content (AvgIpc) is 2.27. The quantitative estimate of drug-likeness (QED) is 0.779. The fourth-order valence-corrected chi connectivity index (χ4v) is 1.63. The van der Waals surface area contributed by atoms with Gasteiger partial charge in [-0.2, -0.15) is 0 Å². The van der Waals surface area contributed by atoms with Crippen molar-refractivity contribution in [2.24, 2.45) is 0 Å². The van der Waals surface area contributed by atoms with Gasteiger partial charge in [0.25, 0.3) is 0 Å². The van der Waals surface area contributed by atoms with Gasteiger partial charge in [-0.25, -0.2) is 0 Å². The third-order valence-electron chi connectivity index (χ3n) is 2.38. The lowest BCUT2D eigenvalue weighted by Crippen LogP contribution is -2.09. The Labute approximate surface area is 88.1 Å². The fourth-order valence-electron chi connectivity index (χ4n) is 1.63. The molecule has 80 valence electrons. The van der Waals surface area contributed by atoms with Gasteiger partial charge in [0, 0.05) is 18.7 Å². The monoisotopic (exact) mass is 207 g/mol. The van der Waals surface area contributed by atoms with Gasteiger partial charge < -0.3 is 19.9 Å². The zero-order valence-corrected chi connectivity index (χ0v) is 8.70. The number of nitrogens with one attached hydrogen (secondary N) is 1. The first-order chi connectivity index (χ1) is 7.26. The second-order valence-electron chi connectivity index (χ2n) is 3.22. The summed E-state index contributed by atoms with van der Waals surface area (Å²) in [6.45, 7) is 0.606. The molecule has 1 aromatic carbocycles. The SMILES string of the molecule is COc1cc2c(c(OC)c1)C(O)=CCN2. The van der Waals surface area contributed by atoms with E-state index >= 15 is 0 Å². The minimum Gasteiger partial charge on any atom is -0.507 e. The van der Waals surface area contributed by atoms with Crippen LogP contribution in [0.4, 0.5) is 5.69 Å². The molecule has 0 aromatic heterocycles. The van der Waals surface area contributed by atoms with Crippen LogP contribution >= 0.6 is 0 Å². The summed E-state index contributed by atoms with van der Waals surface area (Å²) in [6, 6.07) is 3.58. The van der Waals surface area contributed by atoms with Crippen molar-refractivity contribution in [2.75, 3.05) is 26.1 Å². The zero-order valence-electron chi connectivity index (χ0n) is 8.70. The van der Waals surface area contributed by atoms with Crippen molar-refractivity contribution in [1.29, 1.82) is 0 Å². The predicted molar refractivity (Wildman–Crippen MR) is 58.6 cm³/mol. The number of ether oxygens (including phenoxy) is 2. The standard InChI is InChI=1S/C11H13NO3/c1-14-7-5-8-11(10(6-7)15-2)9(13)3-4-12-8/h3,5-6,12-13H,4H2,1-2H3. The molecule has 0 bridgehead atoms. The van der Waals surface area contributed by atoms with E-state index < -0.39 is 0 Å². The third kappa shape index (κ3) is 1.58. The molecule has 1 aliphatic heterocycles. The number of aliphatic hydroxyl groups is 1. The summed E-state index contributed by atoms with van der Waals surface area (Å²) in [7, 11) is 3.16. The molecule has 1 aromatic rings. The van der Waals surface area contributed by atoms with Crippen LogP contribution in [-0.2, 0) is 0 Å². The summed E-state index contributed by atoms with van der Waals surface area (Å²) >= 11 is 0. The first kappa shape index (κ1) is 9.71. The third-order valence-corrected chi connectivity index (χ3v) is 2.38. The molecule has 0 atom stereocenters. The van der Waals surface area contributed by atoms with Gasteiger partial charge in [0.2, 0.25) is 0 Å². The van der Waals surface area contributed by atoms with Gasteiger partial charge in [-0.15, -0.1) is 0 Å². The minimum atomic E-state index is 0.239. The van der Waals surface area contributed by atoms with Crippen LogP contribution in [0, 0.1) is 0 Å². The summed E-state index contributed by atoms with van der Waals surface area (Å²) < 4.78 is 10.3. The van der Waals surface area contributed by atoms with Crippen LogP contribution in [0.5, 0.6) is 11.5 Å². The highest BCUT2D eigenvalue weighted by molar-refractivity contribution is 5.80. The Bertz CT molecular complexity index is 413. The molecule has 0 saturated carbocycles. The molecule has 0 radical (unpaired) electrons. The van der Waals surface area contributed by atoms with E-state index in [1.807, 2.05) is 6.07 Å². The number of hydrogen-bond acceptors (Lipinski definition) is 4. The van der Waals surface area contributed by atoms with Gasteiger partial charge in [-0.1, -0.05) is 0 Å². The normalized spacial score (nSPS) is 13.6. The van der Waals surface area contributed by atoms with Crippen molar-refractivity contribution in [3.05, 3.63) is 23.8 Å². The first-order valence-electron chi connectivity index (χ1n) is 4.65. The second-order valence-corrected chi connectivity index (χ2v) is 3.22. The Morgan fingerprint density at radius 1 is 1.27 bits per heavy atom. The van der Waals surface area contributed by atoms with E-state index in [0.717, 1.165) is 5.69 Å². The Kier molecular flexibility index (Phi) is 2.41. The maximum atomic E-state index is 9.74. The van der Waals surface area contributed by atoms with Gasteiger partial charge >= 0.3 is 0 Å². The van der Waals surface area contributed by atoms with Crippen molar-refractivity contribution in [3.63, 3.8) is 0 Å². The molecule has 1 heterocycles. The maximum absolute atomic E-state index is 9.74. The number of methoxy groups -OCH3 is 2. The van der Waals surface area contributed by atoms with Crippen molar-refractivity contribution in [3.8, 4) is 11.5 Å². The highest BCUT2D eigenvalue weighted by Crippen LogP contribution is 2.37. The number of benzene rings is 1. The predicted octanol–water partition coefficient (Wildman–Crippen LogP) is 2.03. The molecule has 0 saturated heterocycles. The highest BCUT2D eigenvalue weighted by atomic mass is 16.5. The van der Waals surface area contributed by atoms with Crippen LogP contribution < -0.4 is 14.8 Å². The summed E-state index contributed by atoms with van der Waals surface area (Å²) in [4.78, 5) is 0. The molecule has 0 fully saturated rings. The molecule has 0 aliphatic carbocycles. The van der Waals surface area contributed by atoms with Gasteiger partial charge in [-0.05, 0) is 6.08 Å². The molecular weight excluding hydrogens is 194 g/mol. The van der Waals surface area contributed by atoms with E-state index in [4.69, 9.17) is 9.47 Å². The lowest BCUT2D eigenvalue weighted by Gasteiger charge is -2.19. The highest BCUT2D eigenvalue weighted by Gasteiger charge is 2.18. The van der Waals surface area contributed by atoms with Crippen molar-refractivity contribution >= 4 is 11.4 Å². The topological polar surface area (TPSA) is 50.7 Å². The van der Waals surface area contributed by atoms with Crippen LogP contribution in [-0.4, -0.2) is 25.9 Å². The maximum Gasteiger partial charge on any atom is 0.135 e. The van der Waals surface area contributed by atoms with Gasteiger partial charge in [0.15, 0.2) is 0 Å². The van der Waals surface area contributed by atoms with E-state index in [-0.39, 0.29) is 5.76 Å². The number of hydrogen-bond donors (Lipinski definition) is 2. The van der Waals surface area contributed by atoms with Crippen LogP contribution in [0.3, 0.4) is 0 Å². The molecule has 0 spiro atoms. The van der Waals surface area contributed by atoms with Crippen LogP contribution in [0.1, 0.15) is 5.56 Å². The lowest BCUT2D eigenvalue weighted by molar-refractivity contribution is 0.391. The van der Waals surface area contributed by atoms with Gasteiger partial charge in [0.1, 0.15) is 17.3 Å². The molecule has 2 rings (SSSR count). The van der Waals surface area contributed by atoms with E-state index in [1.165, 1.54) is 0 Å². The first-order valence-corrected chi connectivity index (χ1v) is 4.65. The molecule has 0 unspecified atom stereocenters. The van der Waals surface area contributed by atoms with E-state index in [2.05, 4.69) is 5.32 Å². The number of fused-ring (bicyclic) bond motifs is 1. The molecular formula is C11H13NO3. The van der Waals surface area contributed by atoms with Gasteiger partial charge in [-0.3, -0.25) is 0 Å². The molecule has 15 heavy (non-hydrogen) atoms. The average molecular weight is 207 g/mol. The van der Waals surface area contributed by atoms with Crippen LogP contribution in [0.15, 0.2) is 18.2 Å². The zero-order chi connectivity index (χ0) is 10.8. The Morgan fingerprint density at radius 3 is 2.73 bits per heavy atom. The smallest absolute Gasteiger partial charge is 0.135 e. The molecule has 0 amide bonds. The van der Waals surface area contributed by atoms with E-state index in [0.29, 0.717) is 23.6 Å². The Hall–Kier alpha value is -1.84. The number of anilines is 1. The largest absolute Gasteiger partial charge is 0.507 e. The summed E-state index contributed by atoms with van der Waals surface area (Å²) in [5, 5.41) is 12.9. The van der Waals surface area contributed by atoms with Crippen molar-refractivity contribution in [1.82, 2.24) is 0 Å². The second kappa shape index (κ2) is 3.73. The molecule has 4 heteroatoms. The van der Waals surface area contributed by atoms with E-state index in [1.54, 1.807) is 26.4 Å². The van der Waals surface area contributed by atoms with Crippen LogP contribution in [0.25, 0.3) is 5.76 Å². The Morgan fingerprint density at radius 2 is 2.07 bits per heavy atom. The molecule has 1 aliphatic rings. The summed E-state index contributed by atoms with van der Waals surface area (Å²) in [6.07, 6.45) is 1.71. The number of rotatable bonds is 2. The minimum absolute atomic E-state index is 0.239. The summed E-state index contributed by atoms with van der Waals surface area (Å²) in [5.41, 5.74) is 1.51. The Balaban J connectivity index is 2.59.